The van der Waals surface area contributed by atoms with Crippen LogP contribution in [-0.4, -0.2) is 36.5 Å². The van der Waals surface area contributed by atoms with E-state index in [0.29, 0.717) is 0 Å². The molecule has 0 aliphatic rings. The minimum Gasteiger partial charge on any atom is -0.309 e. The van der Waals surface area contributed by atoms with Gasteiger partial charge in [-0.3, -0.25) is 0 Å². The predicted octanol–water partition coefficient (Wildman–Crippen LogP) is 14.7. The molecule has 3 heteroatoms. The number of rotatable bonds is 35. The van der Waals surface area contributed by atoms with Crippen LogP contribution < -0.4 is 0 Å². The van der Waals surface area contributed by atoms with Crippen LogP contribution in [0.4, 0.5) is 0 Å². The zero-order chi connectivity index (χ0) is 32.0. The molecule has 0 aromatic heterocycles. The Labute approximate surface area is 286 Å². The fourth-order valence-corrected chi connectivity index (χ4v) is 8.25. The van der Waals surface area contributed by atoms with E-state index in [1.165, 1.54) is 166 Å². The highest BCUT2D eigenvalue weighted by atomic mass is 33.1. The lowest BCUT2D eigenvalue weighted by Gasteiger charge is -2.17. The van der Waals surface area contributed by atoms with Crippen LogP contribution in [0.5, 0.6) is 0 Å². The van der Waals surface area contributed by atoms with Gasteiger partial charge in [0, 0.05) is 17.5 Å². The smallest absolute Gasteiger partial charge is 0.0165 e. The van der Waals surface area contributed by atoms with Crippen molar-refractivity contribution in [2.75, 3.05) is 26.4 Å². The van der Waals surface area contributed by atoms with Gasteiger partial charge in [0.1, 0.15) is 0 Å². The molecule has 0 aliphatic heterocycles. The largest absolute Gasteiger partial charge is 0.309 e. The Morgan fingerprint density at radius 3 is 1.20 bits per heavy atom. The summed E-state index contributed by atoms with van der Waals surface area (Å²) in [4.78, 5) is 2.31. The van der Waals surface area contributed by atoms with Gasteiger partial charge >= 0.3 is 0 Å². The second-order valence-corrected chi connectivity index (χ2v) is 15.9. The SMILES string of the molecule is CCCCCC=CCC=CCCCCCCCCC(CCCCCCCCC=CCC=CCCCCC)SSCCN(C)C. The fourth-order valence-electron chi connectivity index (χ4n) is 5.33. The van der Waals surface area contributed by atoms with E-state index >= 15 is 0 Å². The van der Waals surface area contributed by atoms with Crippen molar-refractivity contribution in [2.24, 2.45) is 0 Å². The summed E-state index contributed by atoms with van der Waals surface area (Å²) < 4.78 is 0. The summed E-state index contributed by atoms with van der Waals surface area (Å²) in [5.74, 6) is 1.25. The Bertz CT molecular complexity index is 603. The van der Waals surface area contributed by atoms with Crippen LogP contribution in [0.1, 0.15) is 181 Å². The molecule has 0 aromatic carbocycles. The zero-order valence-electron chi connectivity index (χ0n) is 30.3. The number of hydrogen-bond donors (Lipinski definition) is 0. The average Bonchev–Trinajstić information content (AvgIpc) is 3.02. The summed E-state index contributed by atoms with van der Waals surface area (Å²) in [5.41, 5.74) is 0. The molecule has 0 spiro atoms. The highest BCUT2D eigenvalue weighted by molar-refractivity contribution is 8.76. The summed E-state index contributed by atoms with van der Waals surface area (Å²) >= 11 is 0. The summed E-state index contributed by atoms with van der Waals surface area (Å²) in [7, 11) is 8.71. The lowest BCUT2D eigenvalue weighted by molar-refractivity contribution is 0.438. The molecule has 1 nitrogen and oxygen atoms in total. The van der Waals surface area contributed by atoms with Crippen LogP contribution >= 0.6 is 21.6 Å². The second-order valence-electron chi connectivity index (χ2n) is 13.1. The van der Waals surface area contributed by atoms with Gasteiger partial charge in [-0.1, -0.05) is 174 Å². The van der Waals surface area contributed by atoms with E-state index in [9.17, 15) is 0 Å². The standard InChI is InChI=1S/C41H77NS2/c1-5-7-9-11-13-15-17-19-21-23-25-27-29-31-33-35-37-41(44-43-40-39-42(3)4)38-36-34-32-30-28-26-24-22-20-18-16-14-12-10-8-6-2/h13-16,19-22,41H,5-12,17-18,23-40H2,1-4H3. The lowest BCUT2D eigenvalue weighted by Crippen LogP contribution is -2.14. The maximum absolute atomic E-state index is 2.40. The first kappa shape index (κ1) is 43.6. The number of nitrogens with zero attached hydrogens (tertiary/aromatic N) is 1. The third kappa shape index (κ3) is 37.8. The van der Waals surface area contributed by atoms with Gasteiger partial charge in [0.15, 0.2) is 0 Å². The second kappa shape index (κ2) is 38.8. The van der Waals surface area contributed by atoms with Gasteiger partial charge < -0.3 is 4.90 Å². The van der Waals surface area contributed by atoms with Gasteiger partial charge in [-0.25, -0.2) is 0 Å². The van der Waals surface area contributed by atoms with Gasteiger partial charge in [-0.15, -0.1) is 0 Å². The van der Waals surface area contributed by atoms with Crippen molar-refractivity contribution in [3.63, 3.8) is 0 Å². The number of allylic oxidation sites excluding steroid dienone is 8. The molecule has 0 N–H and O–H groups in total. The molecule has 0 bridgehead atoms. The molecule has 0 saturated carbocycles. The van der Waals surface area contributed by atoms with Gasteiger partial charge in [0.05, 0.1) is 0 Å². The Hall–Kier alpha value is -0.380. The molecule has 0 saturated heterocycles. The molecule has 0 rings (SSSR count). The molecule has 0 amide bonds. The van der Waals surface area contributed by atoms with Crippen LogP contribution in [0, 0.1) is 0 Å². The van der Waals surface area contributed by atoms with Crippen LogP contribution in [0.3, 0.4) is 0 Å². The molecular formula is C41H77NS2. The summed E-state index contributed by atoms with van der Waals surface area (Å²) in [6, 6.07) is 0. The van der Waals surface area contributed by atoms with Gasteiger partial charge in [-0.05, 0) is 91.1 Å². The first-order valence-electron chi connectivity index (χ1n) is 19.2. The van der Waals surface area contributed by atoms with E-state index in [-0.39, 0.29) is 0 Å². The minimum absolute atomic E-state index is 0.860. The molecule has 0 heterocycles. The Kier molecular flexibility index (Phi) is 38.5. The van der Waals surface area contributed by atoms with Crippen LogP contribution in [0.15, 0.2) is 48.6 Å². The lowest BCUT2D eigenvalue weighted by atomic mass is 10.0. The molecule has 0 atom stereocenters. The van der Waals surface area contributed by atoms with E-state index in [0.717, 1.165) is 18.1 Å². The maximum Gasteiger partial charge on any atom is 0.0165 e. The third-order valence-electron chi connectivity index (χ3n) is 8.28. The van der Waals surface area contributed by atoms with Crippen molar-refractivity contribution >= 4 is 21.6 Å². The summed E-state index contributed by atoms with van der Waals surface area (Å²) in [5, 5.41) is 0.860. The van der Waals surface area contributed by atoms with Crippen molar-refractivity contribution in [3.05, 3.63) is 48.6 Å². The van der Waals surface area contributed by atoms with Crippen molar-refractivity contribution in [1.82, 2.24) is 4.90 Å². The average molecular weight is 648 g/mol. The van der Waals surface area contributed by atoms with Crippen LogP contribution in [-0.2, 0) is 0 Å². The number of hydrogen-bond acceptors (Lipinski definition) is 3. The zero-order valence-corrected chi connectivity index (χ0v) is 31.9. The normalized spacial score (nSPS) is 13.2. The summed E-state index contributed by atoms with van der Waals surface area (Å²) in [6.07, 6.45) is 54.1. The Morgan fingerprint density at radius 2 is 0.818 bits per heavy atom. The van der Waals surface area contributed by atoms with E-state index in [1.54, 1.807) is 0 Å². The van der Waals surface area contributed by atoms with Crippen molar-refractivity contribution in [3.8, 4) is 0 Å². The molecule has 0 unspecified atom stereocenters. The maximum atomic E-state index is 2.40. The minimum atomic E-state index is 0.860. The van der Waals surface area contributed by atoms with E-state index in [4.69, 9.17) is 0 Å². The molecule has 0 radical (unpaired) electrons. The highest BCUT2D eigenvalue weighted by Crippen LogP contribution is 2.33. The van der Waals surface area contributed by atoms with E-state index < -0.39 is 0 Å². The number of unbranched alkanes of at least 4 members (excludes halogenated alkanes) is 18. The van der Waals surface area contributed by atoms with Crippen molar-refractivity contribution in [2.45, 2.75) is 186 Å². The van der Waals surface area contributed by atoms with E-state index in [1.807, 2.05) is 0 Å². The molecule has 44 heavy (non-hydrogen) atoms. The van der Waals surface area contributed by atoms with Crippen molar-refractivity contribution < 1.29 is 0 Å². The first-order chi connectivity index (χ1) is 21.7. The Morgan fingerprint density at radius 1 is 0.455 bits per heavy atom. The summed E-state index contributed by atoms with van der Waals surface area (Å²) in [6.45, 7) is 5.74. The molecule has 258 valence electrons. The molecule has 0 aromatic rings. The van der Waals surface area contributed by atoms with Crippen LogP contribution in [0.25, 0.3) is 0 Å². The van der Waals surface area contributed by atoms with Gasteiger partial charge in [0.2, 0.25) is 0 Å². The van der Waals surface area contributed by atoms with Gasteiger partial charge in [0.25, 0.3) is 0 Å². The van der Waals surface area contributed by atoms with E-state index in [2.05, 4.69) is 103 Å². The highest BCUT2D eigenvalue weighted by Gasteiger charge is 2.10. The third-order valence-corrected chi connectivity index (χ3v) is 11.2. The quantitative estimate of drug-likeness (QED) is 0.0383. The Balaban J connectivity index is 3.83. The predicted molar refractivity (Wildman–Crippen MR) is 210 cm³/mol. The molecule has 0 aliphatic carbocycles. The molecular weight excluding hydrogens is 571 g/mol. The molecule has 0 fully saturated rings. The van der Waals surface area contributed by atoms with Crippen molar-refractivity contribution in [1.29, 1.82) is 0 Å². The fraction of sp³-hybridized carbons (Fsp3) is 0.805. The monoisotopic (exact) mass is 648 g/mol. The van der Waals surface area contributed by atoms with Crippen LogP contribution in [0.2, 0.25) is 0 Å². The first-order valence-corrected chi connectivity index (χ1v) is 21.6. The topological polar surface area (TPSA) is 3.24 Å². The van der Waals surface area contributed by atoms with Gasteiger partial charge in [-0.2, -0.15) is 0 Å².